The zero-order valence-corrected chi connectivity index (χ0v) is 12.7. The minimum Gasteiger partial charge on any atom is -0.369 e. The number of hydrogen-bond acceptors (Lipinski definition) is 4. The Bertz CT molecular complexity index is 503. The third-order valence-corrected chi connectivity index (χ3v) is 3.82. The average molecular weight is 293 g/mol. The molecule has 0 radical (unpaired) electrons. The van der Waals surface area contributed by atoms with Crippen molar-refractivity contribution in [1.29, 1.82) is 0 Å². The van der Waals surface area contributed by atoms with Crippen LogP contribution < -0.4 is 5.73 Å². The van der Waals surface area contributed by atoms with E-state index in [1.807, 2.05) is 4.68 Å². The molecule has 0 atom stereocenters. The van der Waals surface area contributed by atoms with Gasteiger partial charge in [-0.2, -0.15) is 5.10 Å². The Kier molecular flexibility index (Phi) is 4.95. The fourth-order valence-corrected chi connectivity index (χ4v) is 2.64. The highest BCUT2D eigenvalue weighted by Gasteiger charge is 2.21. The minimum absolute atomic E-state index is 0.0301. The first-order chi connectivity index (χ1) is 9.95. The van der Waals surface area contributed by atoms with Crippen molar-refractivity contribution in [1.82, 2.24) is 19.6 Å². The van der Waals surface area contributed by atoms with Gasteiger partial charge in [0.25, 0.3) is 5.91 Å². The predicted octanol–water partition coefficient (Wildman–Crippen LogP) is -0.218. The maximum atomic E-state index is 11.8. The van der Waals surface area contributed by atoms with Crippen LogP contribution in [0.3, 0.4) is 0 Å². The van der Waals surface area contributed by atoms with E-state index in [0.717, 1.165) is 32.5 Å². The molecule has 7 nitrogen and oxygen atoms in total. The molecular weight excluding hydrogens is 270 g/mol. The zero-order chi connectivity index (χ0) is 15.4. The first kappa shape index (κ1) is 15.5. The molecule has 0 unspecified atom stereocenters. The van der Waals surface area contributed by atoms with E-state index in [2.05, 4.69) is 10.00 Å². The van der Waals surface area contributed by atoms with Gasteiger partial charge in [0.15, 0.2) is 0 Å². The van der Waals surface area contributed by atoms with Crippen molar-refractivity contribution in [2.24, 2.45) is 11.7 Å². The molecule has 0 bridgehead atoms. The number of rotatable bonds is 5. The number of hydrogen-bond donors (Lipinski definition) is 1. The molecule has 21 heavy (non-hydrogen) atoms. The molecule has 1 aliphatic heterocycles. The van der Waals surface area contributed by atoms with Gasteiger partial charge in [-0.1, -0.05) is 0 Å². The lowest BCUT2D eigenvalue weighted by atomic mass is 9.97. The van der Waals surface area contributed by atoms with E-state index in [4.69, 9.17) is 5.73 Å². The average Bonchev–Trinajstić information content (AvgIpc) is 2.88. The molecule has 1 aromatic rings. The third-order valence-electron chi connectivity index (χ3n) is 3.82. The van der Waals surface area contributed by atoms with Gasteiger partial charge in [0.2, 0.25) is 5.91 Å². The van der Waals surface area contributed by atoms with Gasteiger partial charge < -0.3 is 10.6 Å². The summed E-state index contributed by atoms with van der Waals surface area (Å²) in [5, 5.41) is 4.26. The summed E-state index contributed by atoms with van der Waals surface area (Å²) in [5.74, 6) is 0.223. The Hall–Kier alpha value is -1.89. The molecule has 0 aromatic carbocycles. The lowest BCUT2D eigenvalue weighted by Gasteiger charge is -2.30. The van der Waals surface area contributed by atoms with Crippen molar-refractivity contribution < 1.29 is 9.59 Å². The second kappa shape index (κ2) is 6.71. The molecular formula is C14H23N5O2. The molecule has 2 heterocycles. The lowest BCUT2D eigenvalue weighted by Crippen LogP contribution is -2.40. The largest absolute Gasteiger partial charge is 0.369 e. The number of carbonyl (C=O) groups excluding carboxylic acids is 2. The standard InChI is InChI=1S/C14H23N5O2/c1-17(2)14(21)12-7-16-19(9-12)8-11-3-5-18(6-4-11)10-13(15)20/h7,9,11H,3-6,8,10H2,1-2H3,(H2,15,20). The summed E-state index contributed by atoms with van der Waals surface area (Å²) in [7, 11) is 3.46. The zero-order valence-electron chi connectivity index (χ0n) is 12.7. The number of nitrogens with two attached hydrogens (primary N) is 1. The van der Waals surface area contributed by atoms with Gasteiger partial charge in [-0.05, 0) is 31.8 Å². The maximum absolute atomic E-state index is 11.8. The second-order valence-corrected chi connectivity index (χ2v) is 5.84. The van der Waals surface area contributed by atoms with Crippen molar-refractivity contribution in [3.63, 3.8) is 0 Å². The normalized spacial score (nSPS) is 16.9. The number of aromatic nitrogens is 2. The van der Waals surface area contributed by atoms with E-state index >= 15 is 0 Å². The number of amides is 2. The molecule has 0 aliphatic carbocycles. The molecule has 1 fully saturated rings. The summed E-state index contributed by atoms with van der Waals surface area (Å²) in [4.78, 5) is 26.3. The molecule has 1 aromatic heterocycles. The molecule has 0 spiro atoms. The highest BCUT2D eigenvalue weighted by Crippen LogP contribution is 2.18. The van der Waals surface area contributed by atoms with E-state index in [9.17, 15) is 9.59 Å². The van der Waals surface area contributed by atoms with Gasteiger partial charge in [0.05, 0.1) is 18.3 Å². The molecule has 7 heteroatoms. The highest BCUT2D eigenvalue weighted by molar-refractivity contribution is 5.93. The van der Waals surface area contributed by atoms with Gasteiger partial charge in [-0.25, -0.2) is 0 Å². The van der Waals surface area contributed by atoms with Crippen LogP contribution >= 0.6 is 0 Å². The number of nitrogens with zero attached hydrogens (tertiary/aromatic N) is 4. The smallest absolute Gasteiger partial charge is 0.256 e. The van der Waals surface area contributed by atoms with Crippen LogP contribution in [0.2, 0.25) is 0 Å². The van der Waals surface area contributed by atoms with Crippen molar-refractivity contribution in [2.45, 2.75) is 19.4 Å². The summed E-state index contributed by atoms with van der Waals surface area (Å²) in [5.41, 5.74) is 5.82. The van der Waals surface area contributed by atoms with Crippen LogP contribution in [-0.4, -0.2) is 65.1 Å². The summed E-state index contributed by atoms with van der Waals surface area (Å²) < 4.78 is 1.84. The van der Waals surface area contributed by atoms with Crippen molar-refractivity contribution in [3.05, 3.63) is 18.0 Å². The van der Waals surface area contributed by atoms with Crippen LogP contribution in [0.25, 0.3) is 0 Å². The summed E-state index contributed by atoms with van der Waals surface area (Å²) >= 11 is 0. The van der Waals surface area contributed by atoms with Gasteiger partial charge >= 0.3 is 0 Å². The molecule has 1 aliphatic rings. The molecule has 2 N–H and O–H groups in total. The van der Waals surface area contributed by atoms with Crippen LogP contribution in [0.15, 0.2) is 12.4 Å². The fourth-order valence-electron chi connectivity index (χ4n) is 2.64. The maximum Gasteiger partial charge on any atom is 0.256 e. The summed E-state index contributed by atoms with van der Waals surface area (Å²) in [6, 6.07) is 0. The van der Waals surface area contributed by atoms with Crippen molar-refractivity contribution in [3.8, 4) is 0 Å². The van der Waals surface area contributed by atoms with Crippen LogP contribution in [-0.2, 0) is 11.3 Å². The van der Waals surface area contributed by atoms with E-state index in [1.165, 1.54) is 0 Å². The quantitative estimate of drug-likeness (QED) is 0.813. The Morgan fingerprint density at radius 1 is 1.38 bits per heavy atom. The lowest BCUT2D eigenvalue weighted by molar-refractivity contribution is -0.119. The minimum atomic E-state index is -0.271. The van der Waals surface area contributed by atoms with Gasteiger partial charge in [0.1, 0.15) is 0 Å². The van der Waals surface area contributed by atoms with E-state index < -0.39 is 0 Å². The highest BCUT2D eigenvalue weighted by atomic mass is 16.2. The van der Waals surface area contributed by atoms with Crippen LogP contribution in [0, 0.1) is 5.92 Å². The number of likely N-dealkylation sites (tertiary alicyclic amines) is 1. The summed E-state index contributed by atoms with van der Waals surface area (Å²) in [6.45, 7) is 2.93. The Morgan fingerprint density at radius 2 is 2.05 bits per heavy atom. The van der Waals surface area contributed by atoms with Crippen molar-refractivity contribution in [2.75, 3.05) is 33.7 Å². The first-order valence-corrected chi connectivity index (χ1v) is 7.20. The Labute approximate surface area is 124 Å². The van der Waals surface area contributed by atoms with Crippen LogP contribution in [0.1, 0.15) is 23.2 Å². The molecule has 0 saturated carbocycles. The van der Waals surface area contributed by atoms with E-state index in [-0.39, 0.29) is 11.8 Å². The number of primary amides is 1. The van der Waals surface area contributed by atoms with Gasteiger partial charge in [-0.3, -0.25) is 19.2 Å². The predicted molar refractivity (Wildman–Crippen MR) is 78.6 cm³/mol. The van der Waals surface area contributed by atoms with E-state index in [1.54, 1.807) is 31.4 Å². The molecule has 1 saturated heterocycles. The molecule has 2 rings (SSSR count). The number of piperidine rings is 1. The summed E-state index contributed by atoms with van der Waals surface area (Å²) in [6.07, 6.45) is 5.46. The SMILES string of the molecule is CN(C)C(=O)c1cnn(CC2CCN(CC(N)=O)CC2)c1. The topological polar surface area (TPSA) is 84.5 Å². The second-order valence-electron chi connectivity index (χ2n) is 5.84. The van der Waals surface area contributed by atoms with Crippen LogP contribution in [0.5, 0.6) is 0 Å². The van der Waals surface area contributed by atoms with Gasteiger partial charge in [0, 0.05) is 26.8 Å². The van der Waals surface area contributed by atoms with Gasteiger partial charge in [-0.15, -0.1) is 0 Å². The Balaban J connectivity index is 1.84. The molecule has 116 valence electrons. The molecule has 2 amide bonds. The monoisotopic (exact) mass is 293 g/mol. The number of carbonyl (C=O) groups is 2. The van der Waals surface area contributed by atoms with E-state index in [0.29, 0.717) is 18.0 Å². The fraction of sp³-hybridized carbons (Fsp3) is 0.643. The third kappa shape index (κ3) is 4.29. The van der Waals surface area contributed by atoms with Crippen molar-refractivity contribution >= 4 is 11.8 Å². The Morgan fingerprint density at radius 3 is 2.62 bits per heavy atom. The van der Waals surface area contributed by atoms with Crippen LogP contribution in [0.4, 0.5) is 0 Å². The first-order valence-electron chi connectivity index (χ1n) is 7.20.